The molecule has 1 aromatic heterocycles. The standard InChI is InChI=1S/C4H3N5O5/c10-3(11)1(8-12)2-5-4(7-6-2)9(13)14/h12H,(H,10,11)(H,5,6,7)/b8-1-. The number of carboxylic acid groups (broad SMARTS) is 1. The van der Waals surface area contributed by atoms with Gasteiger partial charge in [-0.05, 0) is 9.91 Å². The van der Waals surface area contributed by atoms with E-state index < -0.39 is 28.4 Å². The Balaban J connectivity index is 3.08. The Bertz CT molecular complexity index is 408. The third-order valence-electron chi connectivity index (χ3n) is 1.16. The number of aromatic nitrogens is 3. The first kappa shape index (κ1) is 9.57. The molecule has 3 N–H and O–H groups in total. The second-order valence-corrected chi connectivity index (χ2v) is 1.99. The maximum absolute atomic E-state index is 10.4. The molecule has 1 heterocycles. The molecule has 0 saturated carbocycles. The summed E-state index contributed by atoms with van der Waals surface area (Å²) in [6.45, 7) is 0. The van der Waals surface area contributed by atoms with Gasteiger partial charge in [-0.1, -0.05) is 10.3 Å². The van der Waals surface area contributed by atoms with Crippen molar-refractivity contribution in [3.05, 3.63) is 15.9 Å². The second-order valence-electron chi connectivity index (χ2n) is 1.99. The van der Waals surface area contributed by atoms with E-state index in [1.54, 1.807) is 0 Å². The topological polar surface area (TPSA) is 155 Å². The Labute approximate surface area is 75.0 Å². The zero-order chi connectivity index (χ0) is 10.7. The molecule has 0 spiro atoms. The Morgan fingerprint density at radius 2 is 2.29 bits per heavy atom. The number of hydrogen-bond acceptors (Lipinski definition) is 7. The molecule has 0 aliphatic carbocycles. The van der Waals surface area contributed by atoms with E-state index in [4.69, 9.17) is 10.3 Å². The van der Waals surface area contributed by atoms with E-state index in [0.717, 1.165) is 0 Å². The lowest BCUT2D eigenvalue weighted by Gasteiger charge is -1.86. The molecule has 0 atom stereocenters. The number of aliphatic carboxylic acids is 1. The summed E-state index contributed by atoms with van der Waals surface area (Å²) in [5.74, 6) is -2.89. The predicted octanol–water partition coefficient (Wildman–Crippen LogP) is -1.02. The number of H-pyrrole nitrogens is 1. The minimum absolute atomic E-state index is 0.563. The molecule has 10 heteroatoms. The second kappa shape index (κ2) is 3.47. The van der Waals surface area contributed by atoms with Crippen molar-refractivity contribution in [1.29, 1.82) is 0 Å². The third kappa shape index (κ3) is 1.63. The van der Waals surface area contributed by atoms with Crippen LogP contribution in [-0.4, -0.2) is 42.1 Å². The van der Waals surface area contributed by atoms with Crippen LogP contribution in [0.15, 0.2) is 5.16 Å². The number of aromatic amines is 1. The molecule has 0 fully saturated rings. The summed E-state index contributed by atoms with van der Waals surface area (Å²) in [6.07, 6.45) is 0. The van der Waals surface area contributed by atoms with Crippen LogP contribution in [0.3, 0.4) is 0 Å². The van der Waals surface area contributed by atoms with Gasteiger partial charge in [0.2, 0.25) is 0 Å². The lowest BCUT2D eigenvalue weighted by Crippen LogP contribution is -2.16. The number of nitrogens with one attached hydrogen (secondary N) is 1. The van der Waals surface area contributed by atoms with Crippen LogP contribution in [0.1, 0.15) is 5.82 Å². The molecule has 0 bridgehead atoms. The van der Waals surface area contributed by atoms with Crippen molar-refractivity contribution < 1.29 is 20.0 Å². The maximum Gasteiger partial charge on any atom is 0.453 e. The molecule has 14 heavy (non-hydrogen) atoms. The summed E-state index contributed by atoms with van der Waals surface area (Å²) >= 11 is 0. The van der Waals surface area contributed by atoms with Gasteiger partial charge in [-0.3, -0.25) is 0 Å². The van der Waals surface area contributed by atoms with Gasteiger partial charge in [0.25, 0.3) is 5.71 Å². The quantitative estimate of drug-likeness (QED) is 0.244. The summed E-state index contributed by atoms with van der Waals surface area (Å²) in [7, 11) is 0. The van der Waals surface area contributed by atoms with Gasteiger partial charge in [0, 0.05) is 0 Å². The van der Waals surface area contributed by atoms with Crippen molar-refractivity contribution in [2.75, 3.05) is 0 Å². The van der Waals surface area contributed by atoms with Crippen molar-refractivity contribution in [2.45, 2.75) is 0 Å². The zero-order valence-electron chi connectivity index (χ0n) is 6.41. The highest BCUT2D eigenvalue weighted by molar-refractivity contribution is 6.41. The Kier molecular flexibility index (Phi) is 2.37. The molecule has 0 unspecified atom stereocenters. The SMILES string of the molecule is O=C(O)/C(=N\O)c1n[nH]c([N+](=O)[O-])n1. The van der Waals surface area contributed by atoms with Crippen LogP contribution in [0, 0.1) is 10.1 Å². The van der Waals surface area contributed by atoms with Gasteiger partial charge in [-0.2, -0.15) is 0 Å². The lowest BCUT2D eigenvalue weighted by atomic mass is 10.4. The summed E-state index contributed by atoms with van der Waals surface area (Å²) in [6, 6.07) is 0. The van der Waals surface area contributed by atoms with Crippen LogP contribution in [0.5, 0.6) is 0 Å². The molecule has 1 aromatic rings. The molecule has 1 rings (SSSR count). The fraction of sp³-hybridized carbons (Fsp3) is 0. The van der Waals surface area contributed by atoms with Crippen LogP contribution >= 0.6 is 0 Å². The number of carboxylic acids is 1. The van der Waals surface area contributed by atoms with E-state index in [1.807, 2.05) is 5.10 Å². The minimum Gasteiger partial charge on any atom is -0.476 e. The first-order chi connectivity index (χ1) is 6.56. The van der Waals surface area contributed by atoms with E-state index in [9.17, 15) is 14.9 Å². The molecule has 0 radical (unpaired) electrons. The van der Waals surface area contributed by atoms with E-state index in [2.05, 4.69) is 15.2 Å². The highest BCUT2D eigenvalue weighted by atomic mass is 16.6. The number of oxime groups is 1. The smallest absolute Gasteiger partial charge is 0.453 e. The van der Waals surface area contributed by atoms with Gasteiger partial charge in [-0.25, -0.2) is 4.79 Å². The van der Waals surface area contributed by atoms with Crippen LogP contribution in [0.25, 0.3) is 0 Å². The zero-order valence-corrected chi connectivity index (χ0v) is 6.41. The van der Waals surface area contributed by atoms with Crippen LogP contribution < -0.4 is 0 Å². The van der Waals surface area contributed by atoms with Gasteiger partial charge in [-0.15, -0.1) is 5.10 Å². The number of rotatable bonds is 3. The molecule has 0 aromatic carbocycles. The van der Waals surface area contributed by atoms with Gasteiger partial charge in [0.1, 0.15) is 0 Å². The van der Waals surface area contributed by atoms with Crippen LogP contribution in [0.4, 0.5) is 5.95 Å². The van der Waals surface area contributed by atoms with E-state index in [-0.39, 0.29) is 0 Å². The third-order valence-corrected chi connectivity index (χ3v) is 1.16. The summed E-state index contributed by atoms with van der Waals surface area (Å²) in [5, 5.41) is 34.2. The van der Waals surface area contributed by atoms with Crippen molar-refractivity contribution >= 4 is 17.6 Å². The fourth-order valence-electron chi connectivity index (χ4n) is 0.624. The van der Waals surface area contributed by atoms with Gasteiger partial charge < -0.3 is 20.4 Å². The molecular formula is C4H3N5O5. The monoisotopic (exact) mass is 201 g/mol. The average molecular weight is 201 g/mol. The average Bonchev–Trinajstić information content (AvgIpc) is 2.53. The Hall–Kier alpha value is -2.52. The number of nitrogens with zero attached hydrogens (tertiary/aromatic N) is 4. The molecule has 74 valence electrons. The van der Waals surface area contributed by atoms with Crippen molar-refractivity contribution in [1.82, 2.24) is 15.2 Å². The number of nitro groups is 1. The van der Waals surface area contributed by atoms with Crippen LogP contribution in [-0.2, 0) is 4.79 Å². The minimum atomic E-state index is -1.60. The van der Waals surface area contributed by atoms with Crippen molar-refractivity contribution in [3.8, 4) is 0 Å². The Morgan fingerprint density at radius 3 is 2.64 bits per heavy atom. The van der Waals surface area contributed by atoms with E-state index in [0.29, 0.717) is 0 Å². The highest BCUT2D eigenvalue weighted by Gasteiger charge is 2.25. The van der Waals surface area contributed by atoms with E-state index in [1.165, 1.54) is 0 Å². The van der Waals surface area contributed by atoms with Crippen molar-refractivity contribution in [2.24, 2.45) is 5.16 Å². The molecular weight excluding hydrogens is 198 g/mol. The van der Waals surface area contributed by atoms with Gasteiger partial charge in [0.05, 0.1) is 0 Å². The predicted molar refractivity (Wildman–Crippen MR) is 39.0 cm³/mol. The van der Waals surface area contributed by atoms with Crippen molar-refractivity contribution in [3.63, 3.8) is 0 Å². The summed E-state index contributed by atoms with van der Waals surface area (Å²) in [5.41, 5.74) is -0.880. The van der Waals surface area contributed by atoms with E-state index >= 15 is 0 Å². The first-order valence-corrected chi connectivity index (χ1v) is 3.08. The highest BCUT2D eigenvalue weighted by Crippen LogP contribution is 2.02. The normalized spacial score (nSPS) is 11.3. The number of carbonyl (C=O) groups is 1. The first-order valence-electron chi connectivity index (χ1n) is 3.08. The molecule has 0 aliphatic heterocycles. The summed E-state index contributed by atoms with van der Waals surface area (Å²) in [4.78, 5) is 22.7. The largest absolute Gasteiger partial charge is 0.476 e. The molecule has 0 saturated heterocycles. The lowest BCUT2D eigenvalue weighted by molar-refractivity contribution is -0.394. The number of hydrogen-bond donors (Lipinski definition) is 3. The van der Waals surface area contributed by atoms with Gasteiger partial charge in [0.15, 0.2) is 0 Å². The van der Waals surface area contributed by atoms with Gasteiger partial charge >= 0.3 is 17.7 Å². The molecule has 10 nitrogen and oxygen atoms in total. The molecule has 0 amide bonds. The fourth-order valence-corrected chi connectivity index (χ4v) is 0.624. The maximum atomic E-state index is 10.4. The molecule has 0 aliphatic rings. The summed E-state index contributed by atoms with van der Waals surface area (Å²) < 4.78 is 0. The van der Waals surface area contributed by atoms with Crippen LogP contribution in [0.2, 0.25) is 0 Å². The Morgan fingerprint density at radius 1 is 1.64 bits per heavy atom.